The van der Waals surface area contributed by atoms with Crippen molar-refractivity contribution in [3.05, 3.63) is 34.1 Å². The van der Waals surface area contributed by atoms with Crippen molar-refractivity contribution >= 4 is 27.8 Å². The van der Waals surface area contributed by atoms with Crippen LogP contribution in [0.15, 0.2) is 22.7 Å². The lowest BCUT2D eigenvalue weighted by Gasteiger charge is -2.25. The first-order chi connectivity index (χ1) is 8.69. The lowest BCUT2D eigenvalue weighted by atomic mass is 9.98. The number of carbonyl (C=O) groups is 2. The van der Waals surface area contributed by atoms with Gasteiger partial charge in [0.25, 0.3) is 5.91 Å². The molecule has 0 saturated carbocycles. The van der Waals surface area contributed by atoms with Crippen molar-refractivity contribution in [3.63, 3.8) is 0 Å². The number of carboxylic acids is 1. The third kappa shape index (κ3) is 5.38. The van der Waals surface area contributed by atoms with Crippen molar-refractivity contribution in [3.8, 4) is 0 Å². The van der Waals surface area contributed by atoms with Gasteiger partial charge in [-0.15, -0.1) is 0 Å². The Balaban J connectivity index is 2.75. The summed E-state index contributed by atoms with van der Waals surface area (Å²) in [4.78, 5) is 22.5. The Bertz CT molecular complexity index is 482. The van der Waals surface area contributed by atoms with Crippen LogP contribution in [0.1, 0.15) is 37.0 Å². The maximum absolute atomic E-state index is 13.2. The van der Waals surface area contributed by atoms with Gasteiger partial charge >= 0.3 is 5.97 Å². The molecule has 1 aromatic carbocycles. The molecule has 0 unspecified atom stereocenters. The predicted octanol–water partition coefficient (Wildman–Crippen LogP) is 2.96. The second kappa shape index (κ2) is 6.14. The van der Waals surface area contributed by atoms with Crippen LogP contribution in [-0.2, 0) is 4.79 Å². The largest absolute Gasteiger partial charge is 0.481 e. The van der Waals surface area contributed by atoms with Crippen LogP contribution >= 0.6 is 15.9 Å². The van der Waals surface area contributed by atoms with Crippen molar-refractivity contribution < 1.29 is 19.1 Å². The molecule has 4 nitrogen and oxygen atoms in total. The van der Waals surface area contributed by atoms with Crippen molar-refractivity contribution in [1.29, 1.82) is 0 Å². The van der Waals surface area contributed by atoms with E-state index >= 15 is 0 Å². The van der Waals surface area contributed by atoms with E-state index in [-0.39, 0.29) is 12.0 Å². The molecule has 0 aliphatic rings. The smallest absolute Gasteiger partial charge is 0.303 e. The average Bonchev–Trinajstić information content (AvgIpc) is 2.24. The van der Waals surface area contributed by atoms with Gasteiger partial charge in [0.1, 0.15) is 5.82 Å². The number of nitrogens with one attached hydrogen (secondary N) is 1. The summed E-state index contributed by atoms with van der Waals surface area (Å²) in [5.41, 5.74) is -0.482. The average molecular weight is 332 g/mol. The number of halogens is 2. The van der Waals surface area contributed by atoms with E-state index in [0.717, 1.165) is 6.07 Å². The summed E-state index contributed by atoms with van der Waals surface area (Å²) in [6.45, 7) is 3.45. The fourth-order valence-electron chi connectivity index (χ4n) is 1.55. The molecule has 0 aromatic heterocycles. The van der Waals surface area contributed by atoms with E-state index in [0.29, 0.717) is 10.9 Å². The Labute approximate surface area is 119 Å². The molecule has 0 heterocycles. The minimum Gasteiger partial charge on any atom is -0.481 e. The molecule has 0 atom stereocenters. The topological polar surface area (TPSA) is 66.4 Å². The highest BCUT2D eigenvalue weighted by molar-refractivity contribution is 9.10. The van der Waals surface area contributed by atoms with Crippen LogP contribution in [0.5, 0.6) is 0 Å². The maximum atomic E-state index is 13.2. The molecule has 0 aliphatic carbocycles. The summed E-state index contributed by atoms with van der Waals surface area (Å²) in [6, 6.07) is 3.89. The summed E-state index contributed by atoms with van der Waals surface area (Å²) < 4.78 is 13.7. The van der Waals surface area contributed by atoms with Crippen LogP contribution in [0.3, 0.4) is 0 Å². The third-order valence-corrected chi connectivity index (χ3v) is 3.00. The van der Waals surface area contributed by atoms with Gasteiger partial charge in [-0.1, -0.05) is 15.9 Å². The number of carbonyl (C=O) groups excluding carboxylic acids is 1. The number of hydrogen-bond donors (Lipinski definition) is 2. The van der Waals surface area contributed by atoms with Crippen LogP contribution < -0.4 is 5.32 Å². The van der Waals surface area contributed by atoms with Crippen LogP contribution in [0, 0.1) is 5.82 Å². The minimum absolute atomic E-state index is 0.0415. The molecular weight excluding hydrogens is 317 g/mol. The Morgan fingerprint density at radius 1 is 1.37 bits per heavy atom. The van der Waals surface area contributed by atoms with E-state index in [2.05, 4.69) is 21.2 Å². The first-order valence-corrected chi connectivity index (χ1v) is 6.49. The van der Waals surface area contributed by atoms with E-state index in [1.165, 1.54) is 12.1 Å². The number of benzene rings is 1. The summed E-state index contributed by atoms with van der Waals surface area (Å²) in [5.74, 6) is -1.87. The Kier molecular flexibility index (Phi) is 5.05. The lowest BCUT2D eigenvalue weighted by molar-refractivity contribution is -0.137. The van der Waals surface area contributed by atoms with Gasteiger partial charge in [-0.05, 0) is 38.5 Å². The zero-order valence-corrected chi connectivity index (χ0v) is 12.3. The molecule has 0 aliphatic heterocycles. The first-order valence-electron chi connectivity index (χ1n) is 5.70. The Morgan fingerprint density at radius 3 is 2.53 bits per heavy atom. The van der Waals surface area contributed by atoms with Crippen LogP contribution in [0.4, 0.5) is 4.39 Å². The quantitative estimate of drug-likeness (QED) is 0.871. The van der Waals surface area contributed by atoms with Crippen molar-refractivity contribution in [2.45, 2.75) is 32.2 Å². The van der Waals surface area contributed by atoms with Gasteiger partial charge < -0.3 is 10.4 Å². The van der Waals surface area contributed by atoms with Crippen molar-refractivity contribution in [2.24, 2.45) is 0 Å². The Hall–Kier alpha value is -1.43. The van der Waals surface area contributed by atoms with Gasteiger partial charge in [0, 0.05) is 22.0 Å². The SMILES string of the molecule is CC(C)(CCC(=O)O)NC(=O)c1cc(F)cc(Br)c1. The molecule has 0 bridgehead atoms. The molecule has 0 fully saturated rings. The molecule has 0 spiro atoms. The molecule has 0 radical (unpaired) electrons. The van der Waals surface area contributed by atoms with E-state index in [1.54, 1.807) is 13.8 Å². The first kappa shape index (κ1) is 15.6. The van der Waals surface area contributed by atoms with Crippen molar-refractivity contribution in [1.82, 2.24) is 5.32 Å². The zero-order valence-electron chi connectivity index (χ0n) is 10.7. The molecule has 104 valence electrons. The van der Waals surface area contributed by atoms with E-state index in [9.17, 15) is 14.0 Å². The molecule has 0 saturated heterocycles. The monoisotopic (exact) mass is 331 g/mol. The molecule has 6 heteroatoms. The second-order valence-corrected chi connectivity index (χ2v) is 5.81. The van der Waals surface area contributed by atoms with Crippen LogP contribution in [0.25, 0.3) is 0 Å². The standard InChI is InChI=1S/C13H15BrFNO3/c1-13(2,4-3-11(17)18)16-12(19)8-5-9(14)7-10(15)6-8/h5-7H,3-4H2,1-2H3,(H,16,19)(H,17,18). The third-order valence-electron chi connectivity index (χ3n) is 2.54. The van der Waals surface area contributed by atoms with E-state index in [4.69, 9.17) is 5.11 Å². The molecule has 2 N–H and O–H groups in total. The normalized spacial score (nSPS) is 11.2. The Morgan fingerprint density at radius 2 is 2.00 bits per heavy atom. The number of carboxylic acid groups (broad SMARTS) is 1. The summed E-state index contributed by atoms with van der Waals surface area (Å²) in [7, 11) is 0. The second-order valence-electron chi connectivity index (χ2n) is 4.89. The number of amides is 1. The highest BCUT2D eigenvalue weighted by Crippen LogP contribution is 2.17. The van der Waals surface area contributed by atoms with Gasteiger partial charge in [0.05, 0.1) is 0 Å². The van der Waals surface area contributed by atoms with Gasteiger partial charge in [-0.25, -0.2) is 4.39 Å². The summed E-state index contributed by atoms with van der Waals surface area (Å²) >= 11 is 3.11. The maximum Gasteiger partial charge on any atom is 0.303 e. The highest BCUT2D eigenvalue weighted by atomic mass is 79.9. The molecular formula is C13H15BrFNO3. The summed E-state index contributed by atoms with van der Waals surface area (Å²) in [6.07, 6.45) is 0.255. The molecule has 1 rings (SSSR count). The number of aliphatic carboxylic acids is 1. The van der Waals surface area contributed by atoms with E-state index < -0.39 is 23.2 Å². The van der Waals surface area contributed by atoms with Gasteiger partial charge in [-0.3, -0.25) is 9.59 Å². The van der Waals surface area contributed by atoms with Gasteiger partial charge in [-0.2, -0.15) is 0 Å². The van der Waals surface area contributed by atoms with Gasteiger partial charge in [0.15, 0.2) is 0 Å². The predicted molar refractivity (Wildman–Crippen MR) is 72.5 cm³/mol. The van der Waals surface area contributed by atoms with Crippen LogP contribution in [-0.4, -0.2) is 22.5 Å². The highest BCUT2D eigenvalue weighted by Gasteiger charge is 2.22. The molecule has 1 amide bonds. The number of hydrogen-bond acceptors (Lipinski definition) is 2. The van der Waals surface area contributed by atoms with Crippen molar-refractivity contribution in [2.75, 3.05) is 0 Å². The fraction of sp³-hybridized carbons (Fsp3) is 0.385. The fourth-order valence-corrected chi connectivity index (χ4v) is 2.01. The minimum atomic E-state index is -0.921. The zero-order chi connectivity index (χ0) is 14.6. The lowest BCUT2D eigenvalue weighted by Crippen LogP contribution is -2.43. The van der Waals surface area contributed by atoms with Crippen LogP contribution in [0.2, 0.25) is 0 Å². The van der Waals surface area contributed by atoms with Gasteiger partial charge in [0.2, 0.25) is 0 Å². The molecule has 19 heavy (non-hydrogen) atoms. The summed E-state index contributed by atoms with van der Waals surface area (Å²) in [5, 5.41) is 11.3. The van der Waals surface area contributed by atoms with E-state index in [1.807, 2.05) is 0 Å². The molecule has 1 aromatic rings. The number of rotatable bonds is 5.